The van der Waals surface area contributed by atoms with Gasteiger partial charge in [-0.15, -0.1) is 0 Å². The monoisotopic (exact) mass is 424 g/mol. The largest absolute Gasteiger partial charge is 0.507 e. The molecular weight excluding hydrogens is 404 g/mol. The second-order valence-corrected chi connectivity index (χ2v) is 7.01. The molecule has 2 aromatic carbocycles. The van der Waals surface area contributed by atoms with Gasteiger partial charge in [0, 0.05) is 11.6 Å². The van der Waals surface area contributed by atoms with Gasteiger partial charge in [-0.25, -0.2) is 9.59 Å². The number of hydrogen-bond acceptors (Lipinski definition) is 8. The maximum absolute atomic E-state index is 12.3. The predicted octanol–water partition coefficient (Wildman–Crippen LogP) is 3.91. The maximum Gasteiger partial charge on any atom is 0.339 e. The summed E-state index contributed by atoms with van der Waals surface area (Å²) in [6, 6.07) is 5.58. The van der Waals surface area contributed by atoms with Gasteiger partial charge in [0.25, 0.3) is 0 Å². The smallest absolute Gasteiger partial charge is 0.339 e. The van der Waals surface area contributed by atoms with Crippen LogP contribution in [0.3, 0.4) is 0 Å². The lowest BCUT2D eigenvalue weighted by molar-refractivity contribution is 0.408. The van der Waals surface area contributed by atoms with Crippen LogP contribution in [0, 0.1) is 13.8 Å². The highest BCUT2D eigenvalue weighted by Gasteiger charge is 2.25. The Kier molecular flexibility index (Phi) is 4.85. The Morgan fingerprint density at radius 1 is 0.742 bits per heavy atom. The molecule has 0 bridgehead atoms. The van der Waals surface area contributed by atoms with Crippen molar-refractivity contribution in [3.8, 4) is 34.1 Å². The zero-order chi connectivity index (χ0) is 22.4. The van der Waals surface area contributed by atoms with E-state index in [4.69, 9.17) is 23.0 Å². The van der Waals surface area contributed by atoms with Crippen molar-refractivity contribution in [1.29, 1.82) is 0 Å². The molecule has 2 heterocycles. The molecule has 31 heavy (non-hydrogen) atoms. The van der Waals surface area contributed by atoms with Crippen LogP contribution in [0.25, 0.3) is 33.1 Å². The van der Waals surface area contributed by atoms with Gasteiger partial charge in [0.05, 0.1) is 49.8 Å². The van der Waals surface area contributed by atoms with Gasteiger partial charge in [-0.05, 0) is 31.0 Å². The van der Waals surface area contributed by atoms with Gasteiger partial charge < -0.3 is 28.2 Å². The summed E-state index contributed by atoms with van der Waals surface area (Å²) in [4.78, 5) is 24.1. The summed E-state index contributed by atoms with van der Waals surface area (Å²) in [5.74, 6) is 0.833. The van der Waals surface area contributed by atoms with E-state index in [0.29, 0.717) is 44.7 Å². The van der Waals surface area contributed by atoms with E-state index in [1.807, 2.05) is 6.92 Å². The third-order valence-corrected chi connectivity index (χ3v) is 5.28. The van der Waals surface area contributed by atoms with Crippen molar-refractivity contribution in [2.45, 2.75) is 13.8 Å². The summed E-state index contributed by atoms with van der Waals surface area (Å²) in [7, 11) is 4.38. The number of fused-ring (bicyclic) bond motifs is 2. The number of methoxy groups -OCH3 is 3. The number of ether oxygens (including phenoxy) is 3. The van der Waals surface area contributed by atoms with Crippen LogP contribution >= 0.6 is 0 Å². The van der Waals surface area contributed by atoms with Gasteiger partial charge in [-0.1, -0.05) is 0 Å². The molecule has 0 amide bonds. The van der Waals surface area contributed by atoms with Crippen molar-refractivity contribution in [3.63, 3.8) is 0 Å². The molecule has 0 spiro atoms. The molecule has 0 saturated carbocycles. The number of aromatic hydroxyl groups is 1. The molecule has 0 atom stereocenters. The molecule has 0 radical (unpaired) electrons. The van der Waals surface area contributed by atoms with E-state index in [1.165, 1.54) is 39.5 Å². The molecule has 0 aliphatic heterocycles. The van der Waals surface area contributed by atoms with Crippen LogP contribution in [-0.2, 0) is 0 Å². The van der Waals surface area contributed by atoms with Crippen molar-refractivity contribution >= 4 is 21.9 Å². The van der Waals surface area contributed by atoms with Gasteiger partial charge in [0.1, 0.15) is 28.6 Å². The fraction of sp³-hybridized carbons (Fsp3) is 0.217. The Morgan fingerprint density at radius 3 is 1.94 bits per heavy atom. The van der Waals surface area contributed by atoms with Crippen molar-refractivity contribution in [2.24, 2.45) is 0 Å². The summed E-state index contributed by atoms with van der Waals surface area (Å²) in [6.45, 7) is 3.57. The van der Waals surface area contributed by atoms with Crippen LogP contribution in [0.1, 0.15) is 11.1 Å². The van der Waals surface area contributed by atoms with Gasteiger partial charge in [-0.3, -0.25) is 0 Å². The van der Waals surface area contributed by atoms with Crippen molar-refractivity contribution in [3.05, 3.63) is 56.2 Å². The summed E-state index contributed by atoms with van der Waals surface area (Å²) < 4.78 is 27.2. The Bertz CT molecular complexity index is 1460. The molecule has 0 fully saturated rings. The van der Waals surface area contributed by atoms with E-state index in [-0.39, 0.29) is 16.9 Å². The molecular formula is C23H20O8. The minimum absolute atomic E-state index is 0.164. The fourth-order valence-corrected chi connectivity index (χ4v) is 3.98. The van der Waals surface area contributed by atoms with Gasteiger partial charge >= 0.3 is 11.3 Å². The van der Waals surface area contributed by atoms with Crippen LogP contribution in [0.5, 0.6) is 23.0 Å². The summed E-state index contributed by atoms with van der Waals surface area (Å²) in [5, 5.41) is 12.0. The number of rotatable bonds is 4. The Hall–Kier alpha value is -3.94. The molecule has 1 N–H and O–H groups in total. The second-order valence-electron chi connectivity index (χ2n) is 7.01. The highest BCUT2D eigenvalue weighted by atomic mass is 16.5. The number of phenols is 1. The molecule has 0 unspecified atom stereocenters. The van der Waals surface area contributed by atoms with Crippen molar-refractivity contribution in [2.75, 3.05) is 21.3 Å². The average molecular weight is 424 g/mol. The van der Waals surface area contributed by atoms with Gasteiger partial charge in [-0.2, -0.15) is 0 Å². The van der Waals surface area contributed by atoms with Gasteiger partial charge in [0.15, 0.2) is 5.58 Å². The molecule has 8 heteroatoms. The molecule has 160 valence electrons. The van der Waals surface area contributed by atoms with E-state index in [1.54, 1.807) is 13.0 Å². The fourth-order valence-electron chi connectivity index (χ4n) is 3.98. The van der Waals surface area contributed by atoms with Crippen LogP contribution in [0.4, 0.5) is 0 Å². The van der Waals surface area contributed by atoms with E-state index in [0.717, 1.165) is 5.56 Å². The summed E-state index contributed by atoms with van der Waals surface area (Å²) in [6.07, 6.45) is 0. The molecule has 0 aliphatic carbocycles. The first kappa shape index (κ1) is 20.3. The lowest BCUT2D eigenvalue weighted by Crippen LogP contribution is -2.04. The standard InChI is InChI=1S/C23H20O8/c1-10-6-13(27-3)22(23-19(10)14(28-4)8-18(26)31-23)20-11(2)21-15(29-5)9-17(25)30-16(21)7-12(20)24/h6-9,24H,1-5H3. The molecule has 4 rings (SSSR count). The normalized spacial score (nSPS) is 11.1. The Labute approximate surface area is 176 Å². The van der Waals surface area contributed by atoms with E-state index in [9.17, 15) is 14.7 Å². The van der Waals surface area contributed by atoms with Crippen molar-refractivity contribution in [1.82, 2.24) is 0 Å². The Balaban J connectivity index is 2.26. The Morgan fingerprint density at radius 2 is 1.32 bits per heavy atom. The lowest BCUT2D eigenvalue weighted by Gasteiger charge is -2.18. The minimum atomic E-state index is -0.611. The number of aryl methyl sites for hydroxylation is 2. The third kappa shape index (κ3) is 3.07. The SMILES string of the molecule is COc1cc(C)c2c(OC)cc(=O)oc2c1-c1c(O)cc2oc(=O)cc(OC)c2c1C. The summed E-state index contributed by atoms with van der Waals surface area (Å²) in [5.41, 5.74) is 1.17. The number of benzene rings is 2. The third-order valence-electron chi connectivity index (χ3n) is 5.28. The first-order chi connectivity index (χ1) is 14.8. The zero-order valence-electron chi connectivity index (χ0n) is 17.6. The molecule has 2 aromatic heterocycles. The van der Waals surface area contributed by atoms with Gasteiger partial charge in [0.2, 0.25) is 0 Å². The van der Waals surface area contributed by atoms with Crippen LogP contribution in [0.2, 0.25) is 0 Å². The lowest BCUT2D eigenvalue weighted by atomic mass is 9.92. The molecule has 0 saturated heterocycles. The second kappa shape index (κ2) is 7.39. The number of hydrogen-bond donors (Lipinski definition) is 1. The highest BCUT2D eigenvalue weighted by molar-refractivity contribution is 6.05. The summed E-state index contributed by atoms with van der Waals surface area (Å²) >= 11 is 0. The minimum Gasteiger partial charge on any atom is -0.507 e. The van der Waals surface area contributed by atoms with E-state index in [2.05, 4.69) is 0 Å². The van der Waals surface area contributed by atoms with Crippen molar-refractivity contribution < 1.29 is 28.2 Å². The first-order valence-corrected chi connectivity index (χ1v) is 9.34. The highest BCUT2D eigenvalue weighted by Crippen LogP contribution is 2.48. The molecule has 8 nitrogen and oxygen atoms in total. The maximum atomic E-state index is 12.3. The molecule has 4 aromatic rings. The van der Waals surface area contributed by atoms with E-state index >= 15 is 0 Å². The number of phenolic OH excluding ortho intramolecular Hbond substituents is 1. The zero-order valence-corrected chi connectivity index (χ0v) is 17.6. The predicted molar refractivity (Wildman–Crippen MR) is 115 cm³/mol. The van der Waals surface area contributed by atoms with Crippen LogP contribution < -0.4 is 25.5 Å². The topological polar surface area (TPSA) is 108 Å². The molecule has 0 aliphatic rings. The first-order valence-electron chi connectivity index (χ1n) is 9.34. The quantitative estimate of drug-likeness (QED) is 0.491. The van der Waals surface area contributed by atoms with Crippen LogP contribution in [0.15, 0.2) is 42.7 Å². The average Bonchev–Trinajstić information content (AvgIpc) is 2.73. The van der Waals surface area contributed by atoms with Crippen LogP contribution in [-0.4, -0.2) is 26.4 Å². The van der Waals surface area contributed by atoms with E-state index < -0.39 is 11.3 Å².